The van der Waals surface area contributed by atoms with Crippen LogP contribution in [0.2, 0.25) is 5.02 Å². The lowest BCUT2D eigenvalue weighted by Crippen LogP contribution is -2.07. The van der Waals surface area contributed by atoms with Crippen LogP contribution in [0.4, 0.5) is 0 Å². The first-order valence-electron chi connectivity index (χ1n) is 8.25. The van der Waals surface area contributed by atoms with Crippen LogP contribution < -0.4 is 4.74 Å². The molecule has 0 saturated heterocycles. The number of halogens is 1. The van der Waals surface area contributed by atoms with Crippen LogP contribution in [0.3, 0.4) is 0 Å². The van der Waals surface area contributed by atoms with Gasteiger partial charge in [-0.3, -0.25) is 4.79 Å². The Bertz CT molecular complexity index is 492. The number of carbonyl (C=O) groups is 1. The van der Waals surface area contributed by atoms with E-state index in [0.717, 1.165) is 41.2 Å². The fourth-order valence-corrected chi connectivity index (χ4v) is 2.51. The van der Waals surface area contributed by atoms with Gasteiger partial charge in [-0.05, 0) is 49.3 Å². The first-order chi connectivity index (χ1) is 10.3. The number of ether oxygens (including phenoxy) is 1. The summed E-state index contributed by atoms with van der Waals surface area (Å²) >= 11 is 6.46. The number of rotatable bonds is 9. The van der Waals surface area contributed by atoms with Gasteiger partial charge in [0.05, 0.1) is 11.6 Å². The summed E-state index contributed by atoms with van der Waals surface area (Å²) in [4.78, 5) is 11.6. The summed E-state index contributed by atoms with van der Waals surface area (Å²) in [6.07, 6.45) is 3.45. The van der Waals surface area contributed by atoms with E-state index in [2.05, 4.69) is 26.8 Å². The van der Waals surface area contributed by atoms with Gasteiger partial charge in [0, 0.05) is 12.3 Å². The van der Waals surface area contributed by atoms with Crippen LogP contribution in [0, 0.1) is 18.8 Å². The molecule has 1 aromatic carbocycles. The molecule has 2 nitrogen and oxygen atoms in total. The fourth-order valence-electron chi connectivity index (χ4n) is 2.25. The molecule has 1 rings (SSSR count). The number of hydrogen-bond acceptors (Lipinski definition) is 2. The normalized spacial score (nSPS) is 11.3. The SMILES string of the molecule is Cc1cc(CCCCC(=O)C(C)C)c(Cl)c(OCC(C)C)c1. The molecule has 1 aromatic rings. The highest BCUT2D eigenvalue weighted by atomic mass is 35.5. The van der Waals surface area contributed by atoms with E-state index in [1.807, 2.05) is 19.9 Å². The number of unbranched alkanes of at least 4 members (excludes halogenated alkanes) is 1. The molecule has 0 bridgehead atoms. The second-order valence-electron chi connectivity index (χ2n) is 6.77. The van der Waals surface area contributed by atoms with E-state index in [1.54, 1.807) is 0 Å². The highest BCUT2D eigenvalue weighted by Gasteiger charge is 2.11. The van der Waals surface area contributed by atoms with E-state index in [-0.39, 0.29) is 5.92 Å². The van der Waals surface area contributed by atoms with Crippen molar-refractivity contribution in [2.45, 2.75) is 60.3 Å². The molecular weight excluding hydrogens is 296 g/mol. The Labute approximate surface area is 140 Å². The van der Waals surface area contributed by atoms with E-state index < -0.39 is 0 Å². The summed E-state index contributed by atoms with van der Waals surface area (Å²) in [6.45, 7) is 10.9. The number of hydrogen-bond donors (Lipinski definition) is 0. The van der Waals surface area contributed by atoms with Gasteiger partial charge in [0.25, 0.3) is 0 Å². The number of ketones is 1. The maximum atomic E-state index is 11.6. The number of aryl methyl sites for hydroxylation is 2. The quantitative estimate of drug-likeness (QED) is 0.551. The Hall–Kier alpha value is -1.02. The van der Waals surface area contributed by atoms with Crippen LogP contribution in [-0.4, -0.2) is 12.4 Å². The Morgan fingerprint density at radius 2 is 1.86 bits per heavy atom. The van der Waals surface area contributed by atoms with Crippen molar-refractivity contribution in [2.24, 2.45) is 11.8 Å². The third-order valence-electron chi connectivity index (χ3n) is 3.59. The predicted molar refractivity (Wildman–Crippen MR) is 93.9 cm³/mol. The summed E-state index contributed by atoms with van der Waals surface area (Å²) in [5.41, 5.74) is 2.29. The molecule has 3 heteroatoms. The van der Waals surface area contributed by atoms with Crippen molar-refractivity contribution in [1.29, 1.82) is 0 Å². The van der Waals surface area contributed by atoms with Crippen molar-refractivity contribution in [1.82, 2.24) is 0 Å². The molecule has 0 spiro atoms. The lowest BCUT2D eigenvalue weighted by atomic mass is 10.00. The molecule has 0 aromatic heterocycles. The third kappa shape index (κ3) is 6.39. The van der Waals surface area contributed by atoms with Crippen molar-refractivity contribution in [3.8, 4) is 5.75 Å². The zero-order chi connectivity index (χ0) is 16.7. The maximum absolute atomic E-state index is 11.6. The summed E-state index contributed by atoms with van der Waals surface area (Å²) in [7, 11) is 0. The number of benzene rings is 1. The highest BCUT2D eigenvalue weighted by Crippen LogP contribution is 2.31. The minimum atomic E-state index is 0.138. The van der Waals surface area contributed by atoms with E-state index in [0.29, 0.717) is 24.7 Å². The molecule has 0 unspecified atom stereocenters. The topological polar surface area (TPSA) is 26.3 Å². The molecule has 0 aliphatic rings. The maximum Gasteiger partial charge on any atom is 0.138 e. The summed E-state index contributed by atoms with van der Waals surface area (Å²) < 4.78 is 5.81. The van der Waals surface area contributed by atoms with E-state index >= 15 is 0 Å². The number of carbonyl (C=O) groups excluding carboxylic acids is 1. The molecule has 0 radical (unpaired) electrons. The van der Waals surface area contributed by atoms with Crippen molar-refractivity contribution >= 4 is 17.4 Å². The minimum Gasteiger partial charge on any atom is -0.492 e. The van der Waals surface area contributed by atoms with Crippen LogP contribution >= 0.6 is 11.6 Å². The van der Waals surface area contributed by atoms with E-state index in [9.17, 15) is 4.79 Å². The molecule has 0 saturated carbocycles. The lowest BCUT2D eigenvalue weighted by molar-refractivity contribution is -0.122. The van der Waals surface area contributed by atoms with Gasteiger partial charge < -0.3 is 4.74 Å². The van der Waals surface area contributed by atoms with Gasteiger partial charge in [-0.1, -0.05) is 45.4 Å². The van der Waals surface area contributed by atoms with Crippen LogP contribution in [0.25, 0.3) is 0 Å². The second kappa shape index (κ2) is 9.19. The molecule has 22 heavy (non-hydrogen) atoms. The van der Waals surface area contributed by atoms with Gasteiger partial charge in [-0.15, -0.1) is 0 Å². The molecule has 0 N–H and O–H groups in total. The molecular formula is C19H29ClO2. The molecule has 0 amide bonds. The Morgan fingerprint density at radius 3 is 2.45 bits per heavy atom. The van der Waals surface area contributed by atoms with Gasteiger partial charge >= 0.3 is 0 Å². The molecule has 0 aliphatic heterocycles. The standard InChI is InChI=1S/C19H29ClO2/c1-13(2)12-22-18-11-15(5)10-16(19(18)20)8-6-7-9-17(21)14(3)4/h10-11,13-14H,6-9,12H2,1-5H3. The Balaban J connectivity index is 2.61. The molecule has 0 fully saturated rings. The van der Waals surface area contributed by atoms with Gasteiger partial charge in [-0.25, -0.2) is 0 Å². The Kier molecular flexibility index (Phi) is 7.95. The summed E-state index contributed by atoms with van der Waals surface area (Å²) in [5, 5.41) is 0.724. The predicted octanol–water partition coefficient (Wildman–Crippen LogP) is 5.62. The van der Waals surface area contributed by atoms with E-state index in [4.69, 9.17) is 16.3 Å². The monoisotopic (exact) mass is 324 g/mol. The van der Waals surface area contributed by atoms with Crippen LogP contribution in [0.1, 0.15) is 58.1 Å². The molecule has 0 heterocycles. The van der Waals surface area contributed by atoms with Crippen molar-refractivity contribution in [3.05, 3.63) is 28.3 Å². The highest BCUT2D eigenvalue weighted by molar-refractivity contribution is 6.32. The zero-order valence-corrected chi connectivity index (χ0v) is 15.3. The third-order valence-corrected chi connectivity index (χ3v) is 4.02. The lowest BCUT2D eigenvalue weighted by Gasteiger charge is -2.14. The second-order valence-corrected chi connectivity index (χ2v) is 7.15. The average Bonchev–Trinajstić information content (AvgIpc) is 2.44. The first-order valence-corrected chi connectivity index (χ1v) is 8.63. The van der Waals surface area contributed by atoms with Crippen molar-refractivity contribution < 1.29 is 9.53 Å². The Morgan fingerprint density at radius 1 is 1.18 bits per heavy atom. The number of Topliss-reactive ketones (excluding diaryl/α,β-unsaturated/α-hetero) is 1. The summed E-state index contributed by atoms with van der Waals surface area (Å²) in [6, 6.07) is 4.12. The van der Waals surface area contributed by atoms with E-state index in [1.165, 1.54) is 0 Å². The van der Waals surface area contributed by atoms with Gasteiger partial charge in [0.2, 0.25) is 0 Å². The molecule has 124 valence electrons. The smallest absolute Gasteiger partial charge is 0.138 e. The fraction of sp³-hybridized carbons (Fsp3) is 0.632. The molecule has 0 atom stereocenters. The molecule has 0 aliphatic carbocycles. The van der Waals surface area contributed by atoms with Gasteiger partial charge in [-0.2, -0.15) is 0 Å². The van der Waals surface area contributed by atoms with Crippen molar-refractivity contribution in [2.75, 3.05) is 6.61 Å². The van der Waals surface area contributed by atoms with Crippen LogP contribution in [0.5, 0.6) is 5.75 Å². The summed E-state index contributed by atoms with van der Waals surface area (Å²) in [5.74, 6) is 1.74. The van der Waals surface area contributed by atoms with Gasteiger partial charge in [0.15, 0.2) is 0 Å². The van der Waals surface area contributed by atoms with Gasteiger partial charge in [0.1, 0.15) is 11.5 Å². The van der Waals surface area contributed by atoms with Crippen LogP contribution in [0.15, 0.2) is 12.1 Å². The average molecular weight is 325 g/mol. The largest absolute Gasteiger partial charge is 0.492 e. The minimum absolute atomic E-state index is 0.138. The first kappa shape index (κ1) is 19.0. The van der Waals surface area contributed by atoms with Crippen LogP contribution in [-0.2, 0) is 11.2 Å². The van der Waals surface area contributed by atoms with Crippen molar-refractivity contribution in [3.63, 3.8) is 0 Å². The zero-order valence-electron chi connectivity index (χ0n) is 14.5.